The number of nitrogens with one attached hydrogen (secondary N) is 2. The molecule has 0 bridgehead atoms. The van der Waals surface area contributed by atoms with Gasteiger partial charge in [0, 0.05) is 11.4 Å². The molecule has 0 saturated heterocycles. The Bertz CT molecular complexity index is 497. The van der Waals surface area contributed by atoms with Crippen LogP contribution < -0.4 is 10.6 Å². The summed E-state index contributed by atoms with van der Waals surface area (Å²) in [5.74, 6) is -0.334. The van der Waals surface area contributed by atoms with E-state index in [2.05, 4.69) is 10.6 Å². The molecule has 0 saturated carbocycles. The third-order valence-corrected chi connectivity index (χ3v) is 2.13. The Morgan fingerprint density at radius 1 is 0.824 bits per heavy atom. The van der Waals surface area contributed by atoms with Crippen molar-refractivity contribution in [3.8, 4) is 0 Å². The van der Waals surface area contributed by atoms with Crippen molar-refractivity contribution in [1.29, 1.82) is 0 Å². The van der Waals surface area contributed by atoms with E-state index in [1.807, 2.05) is 18.2 Å². The first-order chi connectivity index (χ1) is 8.24. The molecule has 3 nitrogen and oxygen atoms in total. The first-order valence-electron chi connectivity index (χ1n) is 5.13. The van der Waals surface area contributed by atoms with Crippen molar-refractivity contribution in [2.75, 3.05) is 10.6 Å². The van der Waals surface area contributed by atoms with Crippen LogP contribution in [0.25, 0.3) is 0 Å². The molecule has 0 unspecified atom stereocenters. The van der Waals surface area contributed by atoms with Crippen LogP contribution in [0.3, 0.4) is 0 Å². The molecule has 86 valence electrons. The molecule has 0 heterocycles. The summed E-state index contributed by atoms with van der Waals surface area (Å²) in [6.45, 7) is 0. The molecule has 0 aromatic heterocycles. The molecule has 2 amide bonds. The highest BCUT2D eigenvalue weighted by Crippen LogP contribution is 2.10. The van der Waals surface area contributed by atoms with Gasteiger partial charge < -0.3 is 10.6 Å². The number of hydrogen-bond donors (Lipinski definition) is 2. The second kappa shape index (κ2) is 5.12. The van der Waals surface area contributed by atoms with Gasteiger partial charge >= 0.3 is 6.03 Å². The number of rotatable bonds is 2. The fraction of sp³-hybridized carbons (Fsp3) is 0. The summed E-state index contributed by atoms with van der Waals surface area (Å²) in [7, 11) is 0. The summed E-state index contributed by atoms with van der Waals surface area (Å²) < 4.78 is 12.6. The number of urea groups is 1. The van der Waals surface area contributed by atoms with E-state index >= 15 is 0 Å². The maximum atomic E-state index is 12.6. The molecule has 17 heavy (non-hydrogen) atoms. The molecular weight excluding hydrogens is 219 g/mol. The molecule has 0 radical (unpaired) electrons. The van der Waals surface area contributed by atoms with Crippen LogP contribution in [0.1, 0.15) is 0 Å². The number of amides is 2. The second-order valence-electron chi connectivity index (χ2n) is 3.45. The van der Waals surface area contributed by atoms with E-state index in [4.69, 9.17) is 0 Å². The summed E-state index contributed by atoms with van der Waals surface area (Å²) in [5.41, 5.74) is 1.24. The Hall–Kier alpha value is -2.36. The van der Waals surface area contributed by atoms with Crippen LogP contribution >= 0.6 is 0 Å². The van der Waals surface area contributed by atoms with Gasteiger partial charge in [-0.05, 0) is 36.4 Å². The SMILES string of the molecule is O=C(Nc1ccccc1)Nc1ccc(F)cc1. The van der Waals surface area contributed by atoms with Gasteiger partial charge in [-0.15, -0.1) is 0 Å². The molecule has 2 rings (SSSR count). The number of para-hydroxylation sites is 1. The number of carbonyl (C=O) groups excluding carboxylic acids is 1. The van der Waals surface area contributed by atoms with Crippen molar-refractivity contribution >= 4 is 17.4 Å². The Labute approximate surface area is 98.3 Å². The predicted molar refractivity (Wildman–Crippen MR) is 65.5 cm³/mol. The Morgan fingerprint density at radius 2 is 1.35 bits per heavy atom. The quantitative estimate of drug-likeness (QED) is 0.814. The lowest BCUT2D eigenvalue weighted by atomic mass is 10.3. The highest BCUT2D eigenvalue weighted by Gasteiger charge is 2.01. The van der Waals surface area contributed by atoms with Crippen molar-refractivity contribution in [3.05, 3.63) is 60.4 Å². The molecule has 2 N–H and O–H groups in total. The molecule has 0 spiro atoms. The molecule has 0 aliphatic heterocycles. The highest BCUT2D eigenvalue weighted by molar-refractivity contribution is 5.99. The van der Waals surface area contributed by atoms with Gasteiger partial charge in [-0.1, -0.05) is 18.2 Å². The fourth-order valence-corrected chi connectivity index (χ4v) is 1.35. The standard InChI is InChI=1S/C13H11FN2O/c14-10-6-8-12(9-7-10)16-13(17)15-11-4-2-1-3-5-11/h1-9H,(H2,15,16,17). The van der Waals surface area contributed by atoms with Crippen molar-refractivity contribution in [2.24, 2.45) is 0 Å². The molecule has 4 heteroatoms. The first-order valence-corrected chi connectivity index (χ1v) is 5.13. The van der Waals surface area contributed by atoms with Crippen molar-refractivity contribution < 1.29 is 9.18 Å². The van der Waals surface area contributed by atoms with Crippen molar-refractivity contribution in [2.45, 2.75) is 0 Å². The van der Waals surface area contributed by atoms with Gasteiger partial charge in [-0.2, -0.15) is 0 Å². The zero-order valence-electron chi connectivity index (χ0n) is 8.98. The van der Waals surface area contributed by atoms with E-state index in [0.717, 1.165) is 0 Å². The van der Waals surface area contributed by atoms with E-state index in [1.54, 1.807) is 12.1 Å². The monoisotopic (exact) mass is 230 g/mol. The summed E-state index contributed by atoms with van der Waals surface area (Å²) in [4.78, 5) is 11.6. The van der Waals surface area contributed by atoms with Crippen molar-refractivity contribution in [3.63, 3.8) is 0 Å². The largest absolute Gasteiger partial charge is 0.323 e. The van der Waals surface area contributed by atoms with Crippen LogP contribution in [0, 0.1) is 5.82 Å². The molecule has 0 aliphatic rings. The molecule has 2 aromatic rings. The van der Waals surface area contributed by atoms with Crippen LogP contribution in [-0.4, -0.2) is 6.03 Å². The van der Waals surface area contributed by atoms with Gasteiger partial charge in [-0.25, -0.2) is 9.18 Å². The zero-order valence-corrected chi connectivity index (χ0v) is 8.98. The minimum absolute atomic E-state index is 0.334. The van der Waals surface area contributed by atoms with E-state index in [1.165, 1.54) is 24.3 Å². The van der Waals surface area contributed by atoms with Crippen molar-refractivity contribution in [1.82, 2.24) is 0 Å². The number of benzene rings is 2. The van der Waals surface area contributed by atoms with E-state index in [9.17, 15) is 9.18 Å². The topological polar surface area (TPSA) is 41.1 Å². The van der Waals surface area contributed by atoms with Gasteiger partial charge in [-0.3, -0.25) is 0 Å². The van der Waals surface area contributed by atoms with Crippen LogP contribution in [0.2, 0.25) is 0 Å². The highest BCUT2D eigenvalue weighted by atomic mass is 19.1. The third-order valence-electron chi connectivity index (χ3n) is 2.13. The second-order valence-corrected chi connectivity index (χ2v) is 3.45. The predicted octanol–water partition coefficient (Wildman–Crippen LogP) is 3.47. The number of carbonyl (C=O) groups is 1. The van der Waals surface area contributed by atoms with Gasteiger partial charge in [0.1, 0.15) is 5.82 Å². The molecule has 0 atom stereocenters. The minimum Gasteiger partial charge on any atom is -0.308 e. The fourth-order valence-electron chi connectivity index (χ4n) is 1.35. The normalized spacial score (nSPS) is 9.71. The Balaban J connectivity index is 1.96. The Morgan fingerprint density at radius 3 is 1.94 bits per heavy atom. The summed E-state index contributed by atoms with van der Waals surface area (Å²) in [6.07, 6.45) is 0. The van der Waals surface area contributed by atoms with E-state index < -0.39 is 0 Å². The maximum Gasteiger partial charge on any atom is 0.323 e. The molecule has 0 fully saturated rings. The van der Waals surface area contributed by atoms with E-state index in [0.29, 0.717) is 11.4 Å². The third kappa shape index (κ3) is 3.31. The molecule has 0 aliphatic carbocycles. The molecule has 2 aromatic carbocycles. The number of anilines is 2. The van der Waals surface area contributed by atoms with Gasteiger partial charge in [0.15, 0.2) is 0 Å². The van der Waals surface area contributed by atoms with Crippen LogP contribution in [0.15, 0.2) is 54.6 Å². The Kier molecular flexibility index (Phi) is 3.35. The first kappa shape index (κ1) is 11.1. The van der Waals surface area contributed by atoms with Crippen LogP contribution in [0.5, 0.6) is 0 Å². The smallest absolute Gasteiger partial charge is 0.308 e. The average molecular weight is 230 g/mol. The number of hydrogen-bond acceptors (Lipinski definition) is 1. The summed E-state index contributed by atoms with van der Waals surface area (Å²) in [5, 5.41) is 5.26. The zero-order chi connectivity index (χ0) is 12.1. The number of halogens is 1. The van der Waals surface area contributed by atoms with Gasteiger partial charge in [0.05, 0.1) is 0 Å². The summed E-state index contributed by atoms with van der Waals surface area (Å²) in [6, 6.07) is 14.3. The van der Waals surface area contributed by atoms with Crippen LogP contribution in [-0.2, 0) is 0 Å². The van der Waals surface area contributed by atoms with Gasteiger partial charge in [0.2, 0.25) is 0 Å². The molecular formula is C13H11FN2O. The van der Waals surface area contributed by atoms with E-state index in [-0.39, 0.29) is 11.8 Å². The average Bonchev–Trinajstić information content (AvgIpc) is 2.33. The lowest BCUT2D eigenvalue weighted by Gasteiger charge is -2.07. The minimum atomic E-state index is -0.359. The maximum absolute atomic E-state index is 12.6. The lowest BCUT2D eigenvalue weighted by Crippen LogP contribution is -2.19. The van der Waals surface area contributed by atoms with Crippen LogP contribution in [0.4, 0.5) is 20.6 Å². The van der Waals surface area contributed by atoms with Gasteiger partial charge in [0.25, 0.3) is 0 Å². The summed E-state index contributed by atoms with van der Waals surface area (Å²) >= 11 is 0. The lowest BCUT2D eigenvalue weighted by molar-refractivity contribution is 0.262.